The average Bonchev–Trinajstić information content (AvgIpc) is 3.09. The van der Waals surface area contributed by atoms with E-state index in [4.69, 9.17) is 4.74 Å². The van der Waals surface area contributed by atoms with Crippen LogP contribution in [0.15, 0.2) is 42.5 Å². The minimum Gasteiger partial charge on any atom is -0.380 e. The minimum atomic E-state index is -0.380. The number of fused-ring (bicyclic) bond motifs is 1. The van der Waals surface area contributed by atoms with Crippen LogP contribution in [0, 0.1) is 12.7 Å². The lowest BCUT2D eigenvalue weighted by Gasteiger charge is -2.22. The summed E-state index contributed by atoms with van der Waals surface area (Å²) in [7, 11) is 1.51. The van der Waals surface area contributed by atoms with Crippen molar-refractivity contribution >= 4 is 38.9 Å². The van der Waals surface area contributed by atoms with Gasteiger partial charge in [0.25, 0.3) is 5.91 Å². The maximum Gasteiger partial charge on any atom is 0.264 e. The Morgan fingerprint density at radius 3 is 2.63 bits per heavy atom. The Hall–Kier alpha value is -2.77. The number of aryl methyl sites for hydroxylation is 1. The maximum atomic E-state index is 14.4. The van der Waals surface area contributed by atoms with Gasteiger partial charge in [0, 0.05) is 35.0 Å². The Bertz CT molecular complexity index is 1060. The van der Waals surface area contributed by atoms with Gasteiger partial charge < -0.3 is 15.0 Å². The van der Waals surface area contributed by atoms with Crippen LogP contribution in [0.3, 0.4) is 0 Å². The third-order valence-corrected chi connectivity index (χ3v) is 5.97. The van der Waals surface area contributed by atoms with E-state index in [2.05, 4.69) is 5.32 Å². The highest BCUT2D eigenvalue weighted by Gasteiger charge is 2.26. The van der Waals surface area contributed by atoms with Gasteiger partial charge in [-0.3, -0.25) is 9.59 Å². The molecule has 3 aromatic rings. The fourth-order valence-electron chi connectivity index (χ4n) is 3.36. The molecular formula is C23H25FN2O3S. The van der Waals surface area contributed by atoms with E-state index in [1.54, 1.807) is 12.1 Å². The smallest absolute Gasteiger partial charge is 0.264 e. The van der Waals surface area contributed by atoms with Crippen molar-refractivity contribution in [2.24, 2.45) is 0 Å². The number of halogens is 1. The van der Waals surface area contributed by atoms with Gasteiger partial charge in [-0.1, -0.05) is 31.2 Å². The van der Waals surface area contributed by atoms with Crippen molar-refractivity contribution < 1.29 is 18.7 Å². The molecule has 30 heavy (non-hydrogen) atoms. The number of hydrogen-bond acceptors (Lipinski definition) is 4. The first-order valence-electron chi connectivity index (χ1n) is 9.79. The Balaban J connectivity index is 1.88. The van der Waals surface area contributed by atoms with E-state index in [0.717, 1.165) is 11.3 Å². The second kappa shape index (κ2) is 9.82. The number of methoxy groups -OCH3 is 1. The molecule has 0 unspecified atom stereocenters. The van der Waals surface area contributed by atoms with Crippen LogP contribution in [0.5, 0.6) is 0 Å². The molecule has 0 fully saturated rings. The highest BCUT2D eigenvalue weighted by Crippen LogP contribution is 2.34. The number of benzene rings is 2. The summed E-state index contributed by atoms with van der Waals surface area (Å²) < 4.78 is 20.4. The van der Waals surface area contributed by atoms with Gasteiger partial charge in [0.2, 0.25) is 5.91 Å². The Labute approximate surface area is 179 Å². The third kappa shape index (κ3) is 4.68. The van der Waals surface area contributed by atoms with Gasteiger partial charge in [-0.15, -0.1) is 11.3 Å². The number of carbonyl (C=O) groups excluding carboxylic acids is 2. The predicted molar refractivity (Wildman–Crippen MR) is 118 cm³/mol. The molecule has 7 heteroatoms. The molecule has 2 aromatic carbocycles. The fraction of sp³-hybridized carbons (Fsp3) is 0.304. The molecule has 0 spiro atoms. The first-order valence-corrected chi connectivity index (χ1v) is 10.6. The van der Waals surface area contributed by atoms with Crippen LogP contribution < -0.4 is 5.32 Å². The van der Waals surface area contributed by atoms with Crippen molar-refractivity contribution in [2.75, 3.05) is 25.5 Å². The summed E-state index contributed by atoms with van der Waals surface area (Å²) in [5.41, 5.74) is 2.19. The van der Waals surface area contributed by atoms with Gasteiger partial charge >= 0.3 is 0 Å². The highest BCUT2D eigenvalue weighted by molar-refractivity contribution is 7.21. The third-order valence-electron chi connectivity index (χ3n) is 4.78. The number of nitrogens with zero attached hydrogens (tertiary/aromatic N) is 1. The van der Waals surface area contributed by atoms with E-state index in [9.17, 15) is 14.0 Å². The minimum absolute atomic E-state index is 0.0792. The topological polar surface area (TPSA) is 58.6 Å². The number of thiophene rings is 1. The summed E-state index contributed by atoms with van der Waals surface area (Å²) in [6.45, 7) is 4.32. The van der Waals surface area contributed by atoms with Crippen LogP contribution in [0.25, 0.3) is 10.1 Å². The molecule has 0 radical (unpaired) electrons. The first-order chi connectivity index (χ1) is 14.5. The van der Waals surface area contributed by atoms with Gasteiger partial charge in [-0.2, -0.15) is 0 Å². The molecule has 3 rings (SSSR count). The Kier molecular flexibility index (Phi) is 7.18. The molecular weight excluding hydrogens is 403 g/mol. The molecule has 1 aromatic heterocycles. The van der Waals surface area contributed by atoms with Crippen LogP contribution >= 0.6 is 11.3 Å². The maximum absolute atomic E-state index is 14.4. The lowest BCUT2D eigenvalue weighted by Crippen LogP contribution is -2.38. The molecule has 0 saturated carbocycles. The van der Waals surface area contributed by atoms with Crippen molar-refractivity contribution in [1.82, 2.24) is 4.90 Å². The van der Waals surface area contributed by atoms with Crippen LogP contribution in [0.2, 0.25) is 0 Å². The largest absolute Gasteiger partial charge is 0.380 e. The molecule has 0 bridgehead atoms. The molecule has 0 aliphatic carbocycles. The average molecular weight is 429 g/mol. The molecule has 0 atom stereocenters. The van der Waals surface area contributed by atoms with Crippen molar-refractivity contribution in [1.29, 1.82) is 0 Å². The second-order valence-corrected chi connectivity index (χ2v) is 8.10. The van der Waals surface area contributed by atoms with Crippen LogP contribution in [0.4, 0.5) is 10.1 Å². The summed E-state index contributed by atoms with van der Waals surface area (Å²) >= 11 is 1.23. The van der Waals surface area contributed by atoms with E-state index in [-0.39, 0.29) is 30.8 Å². The quantitative estimate of drug-likeness (QED) is 0.550. The fourth-order valence-corrected chi connectivity index (χ4v) is 4.55. The molecule has 0 saturated heterocycles. The molecule has 1 N–H and O–H groups in total. The van der Waals surface area contributed by atoms with E-state index < -0.39 is 0 Å². The van der Waals surface area contributed by atoms with Gasteiger partial charge in [0.1, 0.15) is 12.4 Å². The standard InChI is InChI=1S/C23H25FN2O3S/c1-4-12-26(13-20(27)25-18-10-6-5-8-15(18)2)23(28)22-16(14-29-3)21-17(24)9-7-11-19(21)30-22/h5-11H,4,12-14H2,1-3H3,(H,25,27). The zero-order chi connectivity index (χ0) is 21.7. The van der Waals surface area contributed by atoms with E-state index in [0.29, 0.717) is 33.5 Å². The molecule has 158 valence electrons. The molecule has 2 amide bonds. The van der Waals surface area contributed by atoms with Crippen LogP contribution in [0.1, 0.15) is 34.1 Å². The van der Waals surface area contributed by atoms with Crippen molar-refractivity contribution in [3.05, 3.63) is 64.3 Å². The number of ether oxygens (including phenoxy) is 1. The van der Waals surface area contributed by atoms with Gasteiger partial charge in [-0.05, 0) is 37.1 Å². The normalized spacial score (nSPS) is 10.9. The number of amides is 2. The summed E-state index contributed by atoms with van der Waals surface area (Å²) in [5, 5.41) is 3.28. The highest BCUT2D eigenvalue weighted by atomic mass is 32.1. The van der Waals surface area contributed by atoms with E-state index in [1.807, 2.05) is 38.1 Å². The van der Waals surface area contributed by atoms with E-state index >= 15 is 0 Å². The number of carbonyl (C=O) groups is 2. The summed E-state index contributed by atoms with van der Waals surface area (Å²) in [6, 6.07) is 12.3. The van der Waals surface area contributed by atoms with Crippen LogP contribution in [-0.4, -0.2) is 36.9 Å². The van der Waals surface area contributed by atoms with Crippen LogP contribution in [-0.2, 0) is 16.1 Å². The van der Waals surface area contributed by atoms with E-state index in [1.165, 1.54) is 29.4 Å². The number of rotatable bonds is 8. The van der Waals surface area contributed by atoms with Gasteiger partial charge in [-0.25, -0.2) is 4.39 Å². The SMILES string of the molecule is CCCN(CC(=O)Nc1ccccc1C)C(=O)c1sc2cccc(F)c2c1COC. The zero-order valence-electron chi connectivity index (χ0n) is 17.3. The first kappa shape index (κ1) is 21.9. The molecule has 5 nitrogen and oxygen atoms in total. The predicted octanol–water partition coefficient (Wildman–Crippen LogP) is 4.99. The van der Waals surface area contributed by atoms with Crippen molar-refractivity contribution in [3.63, 3.8) is 0 Å². The Morgan fingerprint density at radius 1 is 1.17 bits per heavy atom. The molecule has 1 heterocycles. The van der Waals surface area contributed by atoms with Crippen molar-refractivity contribution in [2.45, 2.75) is 26.9 Å². The number of hydrogen-bond donors (Lipinski definition) is 1. The molecule has 0 aliphatic heterocycles. The second-order valence-electron chi connectivity index (χ2n) is 7.05. The molecule has 0 aliphatic rings. The monoisotopic (exact) mass is 428 g/mol. The zero-order valence-corrected chi connectivity index (χ0v) is 18.1. The summed E-state index contributed by atoms with van der Waals surface area (Å²) in [5.74, 6) is -0.940. The number of anilines is 1. The lowest BCUT2D eigenvalue weighted by molar-refractivity contribution is -0.116. The lowest BCUT2D eigenvalue weighted by atomic mass is 10.1. The number of nitrogens with one attached hydrogen (secondary N) is 1. The summed E-state index contributed by atoms with van der Waals surface area (Å²) in [4.78, 5) is 27.9. The summed E-state index contributed by atoms with van der Waals surface area (Å²) in [6.07, 6.45) is 0.697. The van der Waals surface area contributed by atoms with Gasteiger partial charge in [0.15, 0.2) is 0 Å². The number of para-hydroxylation sites is 1. The Morgan fingerprint density at radius 2 is 1.93 bits per heavy atom. The van der Waals surface area contributed by atoms with Crippen molar-refractivity contribution in [3.8, 4) is 0 Å². The van der Waals surface area contributed by atoms with Gasteiger partial charge in [0.05, 0.1) is 11.5 Å².